The van der Waals surface area contributed by atoms with Gasteiger partial charge < -0.3 is 0 Å². The standard InChI is InChI=1S/C9H8O2S/c10-12(11)9-6-5-7-3-1-2-4-8(7)9/h1-6,9,12H. The topological polar surface area (TPSA) is 34.1 Å². The summed E-state index contributed by atoms with van der Waals surface area (Å²) in [5.74, 6) is 0. The number of hydrogen-bond acceptors (Lipinski definition) is 2. The third-order valence-electron chi connectivity index (χ3n) is 2.00. The highest BCUT2D eigenvalue weighted by Gasteiger charge is 2.18. The summed E-state index contributed by atoms with van der Waals surface area (Å²) in [5, 5.41) is -0.406. The van der Waals surface area contributed by atoms with Gasteiger partial charge in [-0.15, -0.1) is 0 Å². The van der Waals surface area contributed by atoms with Gasteiger partial charge >= 0.3 is 0 Å². The Hall–Kier alpha value is -1.09. The Balaban J connectivity index is 2.56. The Kier molecular flexibility index (Phi) is 1.73. The van der Waals surface area contributed by atoms with E-state index in [1.807, 2.05) is 30.3 Å². The molecule has 0 radical (unpaired) electrons. The zero-order valence-electron chi connectivity index (χ0n) is 6.31. The fraction of sp³-hybridized carbons (Fsp3) is 0.111. The van der Waals surface area contributed by atoms with E-state index < -0.39 is 16.0 Å². The Morgan fingerprint density at radius 2 is 1.92 bits per heavy atom. The Bertz CT molecular complexity index is 397. The Morgan fingerprint density at radius 1 is 1.17 bits per heavy atom. The second-order valence-electron chi connectivity index (χ2n) is 2.72. The van der Waals surface area contributed by atoms with Gasteiger partial charge in [0.25, 0.3) is 0 Å². The van der Waals surface area contributed by atoms with Gasteiger partial charge in [-0.1, -0.05) is 36.4 Å². The third-order valence-corrected chi connectivity index (χ3v) is 2.90. The summed E-state index contributed by atoms with van der Waals surface area (Å²) in [6.45, 7) is 0. The number of fused-ring (bicyclic) bond motifs is 1. The van der Waals surface area contributed by atoms with Crippen molar-refractivity contribution < 1.29 is 8.42 Å². The van der Waals surface area contributed by atoms with Gasteiger partial charge in [0, 0.05) is 0 Å². The molecule has 0 saturated carbocycles. The number of thiol groups is 1. The lowest BCUT2D eigenvalue weighted by atomic mass is 10.1. The van der Waals surface area contributed by atoms with Crippen LogP contribution in [-0.2, 0) is 10.7 Å². The molecule has 62 valence electrons. The molecular formula is C9H8O2S. The minimum absolute atomic E-state index is 0.406. The van der Waals surface area contributed by atoms with Crippen molar-refractivity contribution in [2.24, 2.45) is 0 Å². The van der Waals surface area contributed by atoms with Gasteiger partial charge in [-0.05, 0) is 11.1 Å². The van der Waals surface area contributed by atoms with Gasteiger partial charge in [-0.3, -0.25) is 0 Å². The highest BCUT2D eigenvalue weighted by molar-refractivity contribution is 7.73. The van der Waals surface area contributed by atoms with Crippen LogP contribution in [0.5, 0.6) is 0 Å². The lowest BCUT2D eigenvalue weighted by Crippen LogP contribution is -1.93. The fourth-order valence-electron chi connectivity index (χ4n) is 1.41. The van der Waals surface area contributed by atoms with Gasteiger partial charge in [0.05, 0.1) is 0 Å². The summed E-state index contributed by atoms with van der Waals surface area (Å²) < 4.78 is 21.5. The lowest BCUT2D eigenvalue weighted by molar-refractivity contribution is 0.610. The van der Waals surface area contributed by atoms with E-state index in [1.54, 1.807) is 6.08 Å². The van der Waals surface area contributed by atoms with Crippen LogP contribution >= 0.6 is 0 Å². The predicted octanol–water partition coefficient (Wildman–Crippen LogP) is 1.37. The molecule has 1 aliphatic rings. The maximum atomic E-state index is 10.8. The zero-order valence-corrected chi connectivity index (χ0v) is 7.20. The smallest absolute Gasteiger partial charge is 0.150 e. The zero-order chi connectivity index (χ0) is 8.55. The van der Waals surface area contributed by atoms with Crippen molar-refractivity contribution in [2.45, 2.75) is 5.25 Å². The first-order chi connectivity index (χ1) is 5.79. The average Bonchev–Trinajstić information content (AvgIpc) is 2.47. The van der Waals surface area contributed by atoms with Gasteiger partial charge in [0.2, 0.25) is 0 Å². The number of hydrogen-bond donors (Lipinski definition) is 1. The quantitative estimate of drug-likeness (QED) is 0.662. The summed E-state index contributed by atoms with van der Waals surface area (Å²) in [6, 6.07) is 7.54. The maximum absolute atomic E-state index is 10.8. The average molecular weight is 180 g/mol. The van der Waals surface area contributed by atoms with Crippen LogP contribution in [0.4, 0.5) is 0 Å². The molecule has 1 aromatic rings. The van der Waals surface area contributed by atoms with Crippen LogP contribution in [0.15, 0.2) is 30.3 Å². The van der Waals surface area contributed by atoms with E-state index in [-0.39, 0.29) is 0 Å². The van der Waals surface area contributed by atoms with Crippen LogP contribution in [0, 0.1) is 0 Å². The van der Waals surface area contributed by atoms with E-state index in [0.717, 1.165) is 11.1 Å². The predicted molar refractivity (Wildman–Crippen MR) is 48.5 cm³/mol. The molecule has 0 fully saturated rings. The molecule has 0 bridgehead atoms. The molecule has 0 amide bonds. The van der Waals surface area contributed by atoms with Gasteiger partial charge in [-0.25, -0.2) is 8.42 Å². The molecule has 3 heteroatoms. The number of benzene rings is 1. The summed E-state index contributed by atoms with van der Waals surface area (Å²) in [6.07, 6.45) is 3.57. The Labute approximate surface area is 72.5 Å². The van der Waals surface area contributed by atoms with Crippen LogP contribution in [0.2, 0.25) is 0 Å². The molecule has 0 aliphatic heterocycles. The van der Waals surface area contributed by atoms with Crippen LogP contribution < -0.4 is 0 Å². The SMILES string of the molecule is O=[SH](=O)C1C=Cc2ccccc21. The van der Waals surface area contributed by atoms with E-state index >= 15 is 0 Å². The van der Waals surface area contributed by atoms with Crippen LogP contribution in [0.1, 0.15) is 16.4 Å². The molecule has 0 spiro atoms. The summed E-state index contributed by atoms with van der Waals surface area (Å²) in [4.78, 5) is 0. The molecule has 2 rings (SSSR count). The Morgan fingerprint density at radius 3 is 2.67 bits per heavy atom. The molecule has 0 heterocycles. The van der Waals surface area contributed by atoms with E-state index in [4.69, 9.17) is 0 Å². The highest BCUT2D eigenvalue weighted by Crippen LogP contribution is 2.29. The molecule has 2 nitrogen and oxygen atoms in total. The highest BCUT2D eigenvalue weighted by atomic mass is 32.2. The molecule has 1 aromatic carbocycles. The first-order valence-corrected chi connectivity index (χ1v) is 4.94. The first-order valence-electron chi connectivity index (χ1n) is 3.69. The molecule has 12 heavy (non-hydrogen) atoms. The normalized spacial score (nSPS) is 19.9. The fourth-order valence-corrected chi connectivity index (χ4v) is 2.10. The van der Waals surface area contributed by atoms with Crippen molar-refractivity contribution >= 4 is 16.8 Å². The van der Waals surface area contributed by atoms with Gasteiger partial charge in [0.1, 0.15) is 5.25 Å². The van der Waals surface area contributed by atoms with Crippen molar-refractivity contribution in [3.8, 4) is 0 Å². The van der Waals surface area contributed by atoms with Gasteiger partial charge in [-0.2, -0.15) is 0 Å². The van der Waals surface area contributed by atoms with E-state index in [0.29, 0.717) is 0 Å². The molecule has 0 N–H and O–H groups in total. The molecule has 0 saturated heterocycles. The second kappa shape index (κ2) is 2.75. The largest absolute Gasteiger partial charge is 0.231 e. The molecular weight excluding hydrogens is 172 g/mol. The van der Waals surface area contributed by atoms with Gasteiger partial charge in [0.15, 0.2) is 10.7 Å². The minimum Gasteiger partial charge on any atom is -0.231 e. The number of rotatable bonds is 1. The summed E-state index contributed by atoms with van der Waals surface area (Å²) in [5.41, 5.74) is 1.91. The van der Waals surface area contributed by atoms with E-state index in [9.17, 15) is 8.42 Å². The molecule has 1 unspecified atom stereocenters. The van der Waals surface area contributed by atoms with Crippen molar-refractivity contribution in [3.63, 3.8) is 0 Å². The van der Waals surface area contributed by atoms with E-state index in [2.05, 4.69) is 0 Å². The minimum atomic E-state index is -2.38. The molecule has 1 atom stereocenters. The van der Waals surface area contributed by atoms with Crippen LogP contribution in [0.3, 0.4) is 0 Å². The second-order valence-corrected chi connectivity index (χ2v) is 3.85. The van der Waals surface area contributed by atoms with Crippen LogP contribution in [-0.4, -0.2) is 8.42 Å². The maximum Gasteiger partial charge on any atom is 0.150 e. The van der Waals surface area contributed by atoms with E-state index in [1.165, 1.54) is 0 Å². The third kappa shape index (κ3) is 1.06. The lowest BCUT2D eigenvalue weighted by Gasteiger charge is -2.01. The van der Waals surface area contributed by atoms with Crippen molar-refractivity contribution in [3.05, 3.63) is 41.5 Å². The molecule has 0 aromatic heterocycles. The molecule has 1 aliphatic carbocycles. The van der Waals surface area contributed by atoms with Crippen molar-refractivity contribution in [1.29, 1.82) is 0 Å². The first kappa shape index (κ1) is 7.55. The van der Waals surface area contributed by atoms with Crippen molar-refractivity contribution in [2.75, 3.05) is 0 Å². The van der Waals surface area contributed by atoms with Crippen molar-refractivity contribution in [1.82, 2.24) is 0 Å². The monoisotopic (exact) mass is 180 g/mol. The van der Waals surface area contributed by atoms with Crippen LogP contribution in [0.25, 0.3) is 6.08 Å². The summed E-state index contributed by atoms with van der Waals surface area (Å²) in [7, 11) is -2.38. The summed E-state index contributed by atoms with van der Waals surface area (Å²) >= 11 is 0.